The zero-order valence-electron chi connectivity index (χ0n) is 12.9. The molecule has 116 valence electrons. The average molecular weight is 290 g/mol. The molecule has 1 rings (SSSR count). The van der Waals surface area contributed by atoms with Crippen molar-refractivity contribution in [3.05, 3.63) is 36.0 Å². The number of unbranched alkanes of at least 4 members (excludes halogenated alkanes) is 4. The number of hydrogen-bond acceptors (Lipinski definition) is 2. The first-order valence-corrected chi connectivity index (χ1v) is 7.96. The summed E-state index contributed by atoms with van der Waals surface area (Å²) in [5.41, 5.74) is 0.908. The van der Waals surface area contributed by atoms with Gasteiger partial charge in [-0.2, -0.15) is 0 Å². The van der Waals surface area contributed by atoms with Crippen LogP contribution in [0.15, 0.2) is 36.0 Å². The van der Waals surface area contributed by atoms with Gasteiger partial charge >= 0.3 is 5.97 Å². The van der Waals surface area contributed by atoms with E-state index < -0.39 is 5.97 Å². The molecule has 0 aromatic carbocycles. The van der Waals surface area contributed by atoms with Crippen LogP contribution in [-0.4, -0.2) is 16.9 Å². The fraction of sp³-hybridized carbons (Fsp3) is 0.556. The van der Waals surface area contributed by atoms with Crippen molar-refractivity contribution in [2.75, 3.05) is 0 Å². The summed E-state index contributed by atoms with van der Waals surface area (Å²) in [4.78, 5) is 22.2. The zero-order chi connectivity index (χ0) is 15.5. The summed E-state index contributed by atoms with van der Waals surface area (Å²) < 4.78 is 0. The molecule has 0 radical (unpaired) electrons. The Morgan fingerprint density at radius 2 is 1.95 bits per heavy atom. The summed E-state index contributed by atoms with van der Waals surface area (Å²) in [6.07, 6.45) is 16.9. The van der Waals surface area contributed by atoms with E-state index in [9.17, 15) is 9.59 Å². The molecule has 0 unspecified atom stereocenters. The summed E-state index contributed by atoms with van der Waals surface area (Å²) >= 11 is 0. The maximum Gasteiger partial charge on any atom is 0.303 e. The summed E-state index contributed by atoms with van der Waals surface area (Å²) in [6, 6.07) is 0. The van der Waals surface area contributed by atoms with Crippen LogP contribution in [0.3, 0.4) is 0 Å². The molecular formula is C18H26O3. The third-order valence-electron chi connectivity index (χ3n) is 3.72. The van der Waals surface area contributed by atoms with Gasteiger partial charge in [0.1, 0.15) is 0 Å². The molecule has 3 heteroatoms. The molecule has 1 atom stereocenters. The average Bonchev–Trinajstić information content (AvgIpc) is 2.79. The largest absolute Gasteiger partial charge is 0.481 e. The summed E-state index contributed by atoms with van der Waals surface area (Å²) in [7, 11) is 0. The van der Waals surface area contributed by atoms with Crippen LogP contribution in [0, 0.1) is 5.92 Å². The highest BCUT2D eigenvalue weighted by Crippen LogP contribution is 2.27. The van der Waals surface area contributed by atoms with E-state index in [0.29, 0.717) is 0 Å². The lowest BCUT2D eigenvalue weighted by molar-refractivity contribution is -0.137. The first-order valence-electron chi connectivity index (χ1n) is 7.96. The van der Waals surface area contributed by atoms with Crippen molar-refractivity contribution in [2.45, 2.75) is 58.3 Å². The van der Waals surface area contributed by atoms with Crippen molar-refractivity contribution in [3.63, 3.8) is 0 Å². The van der Waals surface area contributed by atoms with Crippen molar-refractivity contribution < 1.29 is 14.7 Å². The van der Waals surface area contributed by atoms with Crippen LogP contribution in [-0.2, 0) is 9.59 Å². The number of allylic oxidation sites excluding steroid dienone is 6. The lowest BCUT2D eigenvalue weighted by Gasteiger charge is -2.09. The second-order valence-electron chi connectivity index (χ2n) is 5.49. The van der Waals surface area contributed by atoms with E-state index >= 15 is 0 Å². The number of ketones is 1. The minimum Gasteiger partial charge on any atom is -0.481 e. The van der Waals surface area contributed by atoms with E-state index in [4.69, 9.17) is 5.11 Å². The maximum absolute atomic E-state index is 11.8. The van der Waals surface area contributed by atoms with Crippen molar-refractivity contribution in [3.8, 4) is 0 Å². The quantitative estimate of drug-likeness (QED) is 0.477. The van der Waals surface area contributed by atoms with Gasteiger partial charge in [0.2, 0.25) is 0 Å². The van der Waals surface area contributed by atoms with Crippen LogP contribution in [0.5, 0.6) is 0 Å². The summed E-state index contributed by atoms with van der Waals surface area (Å²) in [6.45, 7) is 2.07. The molecule has 0 aromatic heterocycles. The predicted octanol–water partition coefficient (Wildman–Crippen LogP) is 4.45. The Balaban J connectivity index is 2.23. The minimum atomic E-state index is -0.709. The minimum absolute atomic E-state index is 0.141. The molecule has 0 aliphatic heterocycles. The van der Waals surface area contributed by atoms with Crippen LogP contribution < -0.4 is 0 Å². The number of carbonyl (C=O) groups excluding carboxylic acids is 1. The fourth-order valence-electron chi connectivity index (χ4n) is 2.52. The molecular weight excluding hydrogens is 264 g/mol. The van der Waals surface area contributed by atoms with Gasteiger partial charge < -0.3 is 5.11 Å². The fourth-order valence-corrected chi connectivity index (χ4v) is 2.52. The normalized spacial score (nSPS) is 20.0. The molecule has 0 bridgehead atoms. The zero-order valence-corrected chi connectivity index (χ0v) is 12.9. The molecule has 0 heterocycles. The van der Waals surface area contributed by atoms with Gasteiger partial charge in [-0.1, -0.05) is 56.9 Å². The van der Waals surface area contributed by atoms with E-state index in [1.807, 2.05) is 18.2 Å². The molecule has 0 aromatic rings. The first-order chi connectivity index (χ1) is 10.1. The lowest BCUT2D eigenvalue weighted by atomic mass is 9.94. The number of aliphatic carboxylic acids is 1. The Bertz CT molecular complexity index is 430. The molecule has 0 saturated heterocycles. The highest BCUT2D eigenvalue weighted by atomic mass is 16.4. The number of carboxylic acids is 1. The molecule has 1 aliphatic carbocycles. The Morgan fingerprint density at radius 1 is 1.24 bits per heavy atom. The van der Waals surface area contributed by atoms with Gasteiger partial charge in [0.25, 0.3) is 0 Å². The molecule has 0 fully saturated rings. The standard InChI is InChI=1S/C18H26O3/c1-2-3-7-11-16-15(13-14-17(16)19)10-8-5-4-6-9-12-18(20)21/h3,7,11,13-15H,2,4-6,8-10,12H2,1H3,(H,20,21)/b7-3?,16-11+/t15-/m0/s1. The monoisotopic (exact) mass is 290 g/mol. The van der Waals surface area contributed by atoms with Crippen LogP contribution in [0.4, 0.5) is 0 Å². The van der Waals surface area contributed by atoms with Crippen molar-refractivity contribution in [1.82, 2.24) is 0 Å². The molecule has 0 amide bonds. The van der Waals surface area contributed by atoms with Crippen molar-refractivity contribution in [1.29, 1.82) is 0 Å². The molecule has 1 N–H and O–H groups in total. The molecule has 21 heavy (non-hydrogen) atoms. The van der Waals surface area contributed by atoms with E-state index in [-0.39, 0.29) is 18.1 Å². The summed E-state index contributed by atoms with van der Waals surface area (Å²) in [5.74, 6) is -0.306. The van der Waals surface area contributed by atoms with E-state index in [1.54, 1.807) is 6.08 Å². The van der Waals surface area contributed by atoms with Crippen LogP contribution in [0.2, 0.25) is 0 Å². The topological polar surface area (TPSA) is 54.4 Å². The molecule has 3 nitrogen and oxygen atoms in total. The van der Waals surface area contributed by atoms with Crippen LogP contribution in [0.25, 0.3) is 0 Å². The van der Waals surface area contributed by atoms with Crippen molar-refractivity contribution >= 4 is 11.8 Å². The lowest BCUT2D eigenvalue weighted by Crippen LogP contribution is -2.02. The highest BCUT2D eigenvalue weighted by molar-refractivity contribution is 6.07. The van der Waals surface area contributed by atoms with Crippen molar-refractivity contribution in [2.24, 2.45) is 5.92 Å². The smallest absolute Gasteiger partial charge is 0.303 e. The third-order valence-corrected chi connectivity index (χ3v) is 3.72. The van der Waals surface area contributed by atoms with Crippen LogP contribution in [0.1, 0.15) is 58.3 Å². The maximum atomic E-state index is 11.8. The number of carbonyl (C=O) groups is 2. The number of rotatable bonds is 10. The van der Waals surface area contributed by atoms with E-state index in [2.05, 4.69) is 13.0 Å². The Kier molecular flexibility index (Phi) is 8.41. The van der Waals surface area contributed by atoms with Gasteiger partial charge in [-0.3, -0.25) is 9.59 Å². The first kappa shape index (κ1) is 17.4. The van der Waals surface area contributed by atoms with Crippen LogP contribution >= 0.6 is 0 Å². The van der Waals surface area contributed by atoms with Gasteiger partial charge in [0.05, 0.1) is 0 Å². The van der Waals surface area contributed by atoms with Gasteiger partial charge in [-0.15, -0.1) is 0 Å². The number of carboxylic acid groups (broad SMARTS) is 1. The van der Waals surface area contributed by atoms with Gasteiger partial charge in [0.15, 0.2) is 5.78 Å². The summed E-state index contributed by atoms with van der Waals surface area (Å²) in [5, 5.41) is 8.55. The van der Waals surface area contributed by atoms with E-state index in [1.165, 1.54) is 0 Å². The number of hydrogen-bond donors (Lipinski definition) is 1. The van der Waals surface area contributed by atoms with Gasteiger partial charge in [-0.25, -0.2) is 0 Å². The Labute approximate surface area is 127 Å². The Hall–Kier alpha value is -1.64. The Morgan fingerprint density at radius 3 is 2.67 bits per heavy atom. The predicted molar refractivity (Wildman–Crippen MR) is 85.1 cm³/mol. The highest BCUT2D eigenvalue weighted by Gasteiger charge is 2.21. The second-order valence-corrected chi connectivity index (χ2v) is 5.49. The second kappa shape index (κ2) is 10.1. The molecule has 0 spiro atoms. The molecule has 1 aliphatic rings. The van der Waals surface area contributed by atoms with Gasteiger partial charge in [0, 0.05) is 17.9 Å². The SMILES string of the molecule is CCC=C/C=C1/C(=O)C=C[C@@H]1CCCCCCCC(=O)O. The van der Waals surface area contributed by atoms with Gasteiger partial charge in [-0.05, 0) is 25.3 Å². The third kappa shape index (κ3) is 7.07. The van der Waals surface area contributed by atoms with E-state index in [0.717, 1.165) is 50.5 Å². The molecule has 0 saturated carbocycles.